The van der Waals surface area contributed by atoms with Gasteiger partial charge >= 0.3 is 12.1 Å². The van der Waals surface area contributed by atoms with Crippen LogP contribution in [0.15, 0.2) is 27.4 Å². The van der Waals surface area contributed by atoms with Crippen LogP contribution in [0.25, 0.3) is 11.5 Å². The van der Waals surface area contributed by atoms with E-state index in [1.807, 2.05) is 6.92 Å². The summed E-state index contributed by atoms with van der Waals surface area (Å²) < 4.78 is 47.3. The molecule has 1 unspecified atom stereocenters. The molecule has 1 aliphatic rings. The third-order valence-electron chi connectivity index (χ3n) is 4.77. The van der Waals surface area contributed by atoms with Crippen molar-refractivity contribution >= 4 is 5.69 Å². The van der Waals surface area contributed by atoms with Crippen molar-refractivity contribution in [2.45, 2.75) is 32.7 Å². The Morgan fingerprint density at radius 3 is 2.81 bits per heavy atom. The molecule has 0 radical (unpaired) electrons. The number of hydrogen-bond acceptors (Lipinski definition) is 6. The summed E-state index contributed by atoms with van der Waals surface area (Å²) in [6.07, 6.45) is -3.90. The number of benzene rings is 1. The molecule has 1 saturated heterocycles. The first-order chi connectivity index (χ1) is 12.7. The Hall–Kier alpha value is -2.49. The minimum absolute atomic E-state index is 0.00973. The highest BCUT2D eigenvalue weighted by molar-refractivity contribution is 5.67. The van der Waals surface area contributed by atoms with Gasteiger partial charge in [-0.25, -0.2) is 9.89 Å². The van der Waals surface area contributed by atoms with Gasteiger partial charge in [-0.05, 0) is 56.5 Å². The largest absolute Gasteiger partial charge is 0.573 e. The predicted molar refractivity (Wildman–Crippen MR) is 92.5 cm³/mol. The van der Waals surface area contributed by atoms with Crippen LogP contribution in [0.4, 0.5) is 18.9 Å². The number of alkyl halides is 3. The molecule has 0 aliphatic carbocycles. The smallest absolute Gasteiger partial charge is 0.404 e. The molecular formula is C17H21F3N4O3. The zero-order valence-electron chi connectivity index (χ0n) is 14.9. The summed E-state index contributed by atoms with van der Waals surface area (Å²) in [5.74, 6) is -0.438. The molecule has 0 amide bonds. The van der Waals surface area contributed by atoms with Gasteiger partial charge in [0.05, 0.1) is 5.69 Å². The lowest BCUT2D eigenvalue weighted by Gasteiger charge is -2.35. The van der Waals surface area contributed by atoms with Gasteiger partial charge in [-0.15, -0.1) is 18.3 Å². The third kappa shape index (κ3) is 4.82. The lowest BCUT2D eigenvalue weighted by atomic mass is 9.82. The van der Waals surface area contributed by atoms with E-state index in [0.29, 0.717) is 11.5 Å². The summed E-state index contributed by atoms with van der Waals surface area (Å²) in [7, 11) is 0. The monoisotopic (exact) mass is 386 g/mol. The highest BCUT2D eigenvalue weighted by Gasteiger charge is 2.33. The number of aromatic nitrogens is 2. The average Bonchev–Trinajstić information content (AvgIpc) is 3.02. The standard InChI is InChI=1S/C17H21F3N4O3/c1-9-8-21-6-5-12(9)10(2)22-13-7-11(15-23-24-16(25)26-15)3-4-14(13)27-17(18,19)20/h3-4,7,9-10,12,21-22H,5-6,8H2,1-2H3,(H,24,25)/t9-,10?,12+/m1/s1. The van der Waals surface area contributed by atoms with Crippen molar-refractivity contribution in [2.75, 3.05) is 18.4 Å². The zero-order valence-corrected chi connectivity index (χ0v) is 14.9. The first-order valence-corrected chi connectivity index (χ1v) is 8.66. The second-order valence-electron chi connectivity index (χ2n) is 6.74. The van der Waals surface area contributed by atoms with Crippen molar-refractivity contribution in [1.82, 2.24) is 15.5 Å². The van der Waals surface area contributed by atoms with Gasteiger partial charge in [0, 0.05) is 11.6 Å². The second kappa shape index (κ2) is 7.63. The molecule has 7 nitrogen and oxygen atoms in total. The van der Waals surface area contributed by atoms with E-state index in [1.54, 1.807) is 0 Å². The van der Waals surface area contributed by atoms with Gasteiger partial charge in [0.2, 0.25) is 5.89 Å². The molecule has 10 heteroatoms. The summed E-state index contributed by atoms with van der Waals surface area (Å²) in [6.45, 7) is 5.77. The SMILES string of the molecule is CC(Nc1cc(-c2n[nH]c(=O)o2)ccc1OC(F)(F)F)[C@H]1CCNC[C@H]1C. The minimum atomic E-state index is -4.82. The second-order valence-corrected chi connectivity index (χ2v) is 6.74. The van der Waals surface area contributed by atoms with E-state index in [1.165, 1.54) is 18.2 Å². The Morgan fingerprint density at radius 2 is 2.19 bits per heavy atom. The fourth-order valence-corrected chi connectivity index (χ4v) is 3.47. The number of rotatable bonds is 5. The van der Waals surface area contributed by atoms with Crippen LogP contribution < -0.4 is 21.1 Å². The molecule has 3 atom stereocenters. The normalized spacial score (nSPS) is 21.7. The Bertz CT molecular complexity index is 833. The quantitative estimate of drug-likeness (QED) is 0.732. The molecule has 0 saturated carbocycles. The summed E-state index contributed by atoms with van der Waals surface area (Å²) in [6, 6.07) is 3.88. The summed E-state index contributed by atoms with van der Waals surface area (Å²) in [4.78, 5) is 11.1. The molecule has 2 heterocycles. The molecule has 1 aromatic carbocycles. The van der Waals surface area contributed by atoms with Crippen molar-refractivity contribution in [3.8, 4) is 17.2 Å². The van der Waals surface area contributed by atoms with E-state index < -0.39 is 12.1 Å². The molecule has 3 N–H and O–H groups in total. The van der Waals surface area contributed by atoms with E-state index in [4.69, 9.17) is 4.42 Å². The van der Waals surface area contributed by atoms with Crippen LogP contribution in [0.2, 0.25) is 0 Å². The number of H-pyrrole nitrogens is 1. The summed E-state index contributed by atoms with van der Waals surface area (Å²) in [5, 5.41) is 12.3. The molecule has 0 bridgehead atoms. The lowest BCUT2D eigenvalue weighted by molar-refractivity contribution is -0.274. The number of halogens is 3. The molecule has 1 fully saturated rings. The highest BCUT2D eigenvalue weighted by Crippen LogP contribution is 2.35. The van der Waals surface area contributed by atoms with Crippen LogP contribution in [0.1, 0.15) is 20.3 Å². The average molecular weight is 386 g/mol. The van der Waals surface area contributed by atoms with E-state index in [0.717, 1.165) is 19.5 Å². The van der Waals surface area contributed by atoms with Crippen molar-refractivity contribution < 1.29 is 22.3 Å². The molecule has 27 heavy (non-hydrogen) atoms. The number of hydrogen-bond donors (Lipinski definition) is 3. The van der Waals surface area contributed by atoms with Crippen molar-refractivity contribution in [2.24, 2.45) is 11.8 Å². The topological polar surface area (TPSA) is 92.2 Å². The van der Waals surface area contributed by atoms with Crippen molar-refractivity contribution in [3.63, 3.8) is 0 Å². The lowest BCUT2D eigenvalue weighted by Crippen LogP contribution is -2.42. The molecule has 3 rings (SSSR count). The molecular weight excluding hydrogens is 365 g/mol. The maximum absolute atomic E-state index is 12.8. The minimum Gasteiger partial charge on any atom is -0.404 e. The Kier molecular flexibility index (Phi) is 5.45. The number of ether oxygens (including phenoxy) is 1. The van der Waals surface area contributed by atoms with Crippen molar-refractivity contribution in [3.05, 3.63) is 28.7 Å². The Labute approximate surface area is 153 Å². The highest BCUT2D eigenvalue weighted by atomic mass is 19.4. The van der Waals surface area contributed by atoms with Gasteiger partial charge in [0.1, 0.15) is 0 Å². The van der Waals surface area contributed by atoms with Gasteiger partial charge in [0.15, 0.2) is 5.75 Å². The fraction of sp³-hybridized carbons (Fsp3) is 0.529. The predicted octanol–water partition coefficient (Wildman–Crippen LogP) is 2.97. The van der Waals surface area contributed by atoms with E-state index in [-0.39, 0.29) is 29.3 Å². The van der Waals surface area contributed by atoms with Gasteiger partial charge in [0.25, 0.3) is 0 Å². The Balaban J connectivity index is 1.90. The number of piperidine rings is 1. The zero-order chi connectivity index (χ0) is 19.6. The maximum Gasteiger partial charge on any atom is 0.573 e. The van der Waals surface area contributed by atoms with Crippen molar-refractivity contribution in [1.29, 1.82) is 0 Å². The number of nitrogens with one attached hydrogen (secondary N) is 3. The van der Waals surface area contributed by atoms with Crippen LogP contribution in [-0.4, -0.2) is 35.7 Å². The van der Waals surface area contributed by atoms with E-state index in [9.17, 15) is 18.0 Å². The van der Waals surface area contributed by atoms with Crippen LogP contribution in [0.3, 0.4) is 0 Å². The van der Waals surface area contributed by atoms with E-state index >= 15 is 0 Å². The molecule has 0 spiro atoms. The fourth-order valence-electron chi connectivity index (χ4n) is 3.47. The van der Waals surface area contributed by atoms with Crippen LogP contribution in [-0.2, 0) is 0 Å². The van der Waals surface area contributed by atoms with Crippen LogP contribution in [0, 0.1) is 11.8 Å². The summed E-state index contributed by atoms with van der Waals surface area (Å²) >= 11 is 0. The molecule has 2 aromatic rings. The van der Waals surface area contributed by atoms with Crippen LogP contribution in [0.5, 0.6) is 5.75 Å². The number of anilines is 1. The number of aromatic amines is 1. The first kappa shape index (κ1) is 19.3. The molecule has 148 valence electrons. The van der Waals surface area contributed by atoms with Gasteiger partial charge < -0.3 is 19.8 Å². The molecule has 1 aromatic heterocycles. The maximum atomic E-state index is 12.8. The first-order valence-electron chi connectivity index (χ1n) is 8.66. The summed E-state index contributed by atoms with van der Waals surface area (Å²) in [5.41, 5.74) is 0.518. The Morgan fingerprint density at radius 1 is 1.41 bits per heavy atom. The number of nitrogens with zero attached hydrogens (tertiary/aromatic N) is 1. The van der Waals surface area contributed by atoms with E-state index in [2.05, 4.69) is 32.5 Å². The van der Waals surface area contributed by atoms with Gasteiger partial charge in [-0.2, -0.15) is 0 Å². The van der Waals surface area contributed by atoms with Crippen LogP contribution >= 0.6 is 0 Å². The third-order valence-corrected chi connectivity index (χ3v) is 4.77. The van der Waals surface area contributed by atoms with Gasteiger partial charge in [-0.1, -0.05) is 6.92 Å². The molecule has 1 aliphatic heterocycles. The van der Waals surface area contributed by atoms with Gasteiger partial charge in [-0.3, -0.25) is 0 Å².